The van der Waals surface area contributed by atoms with Gasteiger partial charge in [-0.05, 0) is 28.1 Å². The molecule has 0 aromatic carbocycles. The van der Waals surface area contributed by atoms with Gasteiger partial charge in [0.05, 0.1) is 5.02 Å². The Morgan fingerprint density at radius 2 is 2.15 bits per heavy atom. The summed E-state index contributed by atoms with van der Waals surface area (Å²) in [6.07, 6.45) is 1.59. The molecule has 0 atom stereocenters. The lowest BCUT2D eigenvalue weighted by molar-refractivity contribution is 1.07. The van der Waals surface area contributed by atoms with E-state index < -0.39 is 0 Å². The van der Waals surface area contributed by atoms with Crippen molar-refractivity contribution in [3.05, 3.63) is 27.3 Å². The highest BCUT2D eigenvalue weighted by molar-refractivity contribution is 9.11. The predicted octanol–water partition coefficient (Wildman–Crippen LogP) is 3.02. The summed E-state index contributed by atoms with van der Waals surface area (Å²) in [5, 5.41) is 9.16. The molecule has 2 heterocycles. The number of pyridine rings is 1. The summed E-state index contributed by atoms with van der Waals surface area (Å²) in [6.45, 7) is 0. The molecule has 0 radical (unpaired) electrons. The first-order valence-corrected chi connectivity index (χ1v) is 5.35. The molecule has 6 heteroatoms. The topological polar surface area (TPSA) is 38.7 Å². The van der Waals surface area contributed by atoms with Crippen LogP contribution >= 0.6 is 38.9 Å². The molecule has 3 nitrogen and oxygen atoms in total. The number of nitrogens with zero attached hydrogens (tertiary/aromatic N) is 3. The summed E-state index contributed by atoms with van der Waals surface area (Å²) in [5.74, 6) is 0. The van der Waals surface area contributed by atoms with E-state index in [1.54, 1.807) is 12.3 Å². The molecule has 66 valence electrons. The number of hydrogen-bond donors (Lipinski definition) is 0. The standard InChI is InChI=1S/C7H3BrClN3S/c8-7-12-11-6(13-7)5-2-1-4(9)3-10-5/h1-3H. The molecule has 2 aromatic rings. The first-order chi connectivity index (χ1) is 6.25. The molecule has 0 spiro atoms. The minimum absolute atomic E-state index is 0.618. The Hall–Kier alpha value is -0.520. The second-order valence-electron chi connectivity index (χ2n) is 2.22. The monoisotopic (exact) mass is 275 g/mol. The summed E-state index contributed by atoms with van der Waals surface area (Å²) in [5.41, 5.74) is 0.785. The van der Waals surface area contributed by atoms with Gasteiger partial charge in [0, 0.05) is 6.20 Å². The lowest BCUT2D eigenvalue weighted by Gasteiger charge is -1.92. The minimum atomic E-state index is 0.618. The van der Waals surface area contributed by atoms with Crippen LogP contribution in [0.5, 0.6) is 0 Å². The van der Waals surface area contributed by atoms with Crippen molar-refractivity contribution >= 4 is 38.9 Å². The van der Waals surface area contributed by atoms with Gasteiger partial charge in [0.1, 0.15) is 5.69 Å². The zero-order chi connectivity index (χ0) is 9.26. The molecule has 0 saturated carbocycles. The van der Waals surface area contributed by atoms with Crippen molar-refractivity contribution in [3.8, 4) is 10.7 Å². The Labute approximate surface area is 91.9 Å². The van der Waals surface area contributed by atoms with Crippen LogP contribution in [-0.2, 0) is 0 Å². The Kier molecular flexibility index (Phi) is 2.57. The van der Waals surface area contributed by atoms with Gasteiger partial charge in [0.25, 0.3) is 0 Å². The molecule has 2 aromatic heterocycles. The first-order valence-electron chi connectivity index (χ1n) is 3.36. The predicted molar refractivity (Wildman–Crippen MR) is 55.9 cm³/mol. The van der Waals surface area contributed by atoms with Crippen molar-refractivity contribution in [2.75, 3.05) is 0 Å². The van der Waals surface area contributed by atoms with Crippen molar-refractivity contribution < 1.29 is 0 Å². The van der Waals surface area contributed by atoms with Gasteiger partial charge in [-0.3, -0.25) is 4.98 Å². The SMILES string of the molecule is Clc1ccc(-c2nnc(Br)s2)nc1. The average molecular weight is 277 g/mol. The maximum Gasteiger partial charge on any atom is 0.183 e. The zero-order valence-corrected chi connectivity index (χ0v) is 9.40. The molecule has 0 aliphatic rings. The van der Waals surface area contributed by atoms with E-state index in [4.69, 9.17) is 11.6 Å². The third-order valence-corrected chi connectivity index (χ3v) is 2.95. The van der Waals surface area contributed by atoms with E-state index in [1.807, 2.05) is 6.07 Å². The van der Waals surface area contributed by atoms with Crippen molar-refractivity contribution in [1.29, 1.82) is 0 Å². The second-order valence-corrected chi connectivity index (χ2v) is 4.91. The molecule has 0 unspecified atom stereocenters. The second kappa shape index (κ2) is 3.69. The minimum Gasteiger partial charge on any atom is -0.252 e. The van der Waals surface area contributed by atoms with E-state index in [0.29, 0.717) is 5.02 Å². The van der Waals surface area contributed by atoms with Gasteiger partial charge in [-0.15, -0.1) is 10.2 Å². The fourth-order valence-electron chi connectivity index (χ4n) is 0.811. The van der Waals surface area contributed by atoms with Crippen LogP contribution in [0, 0.1) is 0 Å². The number of hydrogen-bond acceptors (Lipinski definition) is 4. The van der Waals surface area contributed by atoms with Gasteiger partial charge >= 0.3 is 0 Å². The van der Waals surface area contributed by atoms with E-state index in [-0.39, 0.29) is 0 Å². The van der Waals surface area contributed by atoms with Crippen molar-refractivity contribution in [1.82, 2.24) is 15.2 Å². The fraction of sp³-hybridized carbons (Fsp3) is 0. The van der Waals surface area contributed by atoms with Gasteiger partial charge in [0.15, 0.2) is 8.92 Å². The van der Waals surface area contributed by atoms with Gasteiger partial charge in [-0.1, -0.05) is 22.9 Å². The third-order valence-electron chi connectivity index (χ3n) is 1.35. The maximum atomic E-state index is 5.70. The number of rotatable bonds is 1. The third kappa shape index (κ3) is 2.04. The summed E-state index contributed by atoms with van der Waals surface area (Å²) in [6, 6.07) is 3.59. The molecule has 2 rings (SSSR count). The largest absolute Gasteiger partial charge is 0.252 e. The Morgan fingerprint density at radius 3 is 2.69 bits per heavy atom. The molecule has 0 aliphatic carbocycles. The van der Waals surface area contributed by atoms with E-state index in [1.165, 1.54) is 11.3 Å². The van der Waals surface area contributed by atoms with Crippen LogP contribution in [-0.4, -0.2) is 15.2 Å². The Bertz CT molecular complexity index is 414. The van der Waals surface area contributed by atoms with E-state index in [2.05, 4.69) is 31.1 Å². The molecule has 0 fully saturated rings. The van der Waals surface area contributed by atoms with Gasteiger partial charge in [-0.2, -0.15) is 0 Å². The van der Waals surface area contributed by atoms with E-state index in [9.17, 15) is 0 Å². The van der Waals surface area contributed by atoms with Crippen LogP contribution in [0.4, 0.5) is 0 Å². The highest BCUT2D eigenvalue weighted by Gasteiger charge is 2.05. The van der Waals surface area contributed by atoms with Crippen LogP contribution < -0.4 is 0 Å². The molecular weight excluding hydrogens is 274 g/mol. The highest BCUT2D eigenvalue weighted by atomic mass is 79.9. The highest BCUT2D eigenvalue weighted by Crippen LogP contribution is 2.25. The zero-order valence-electron chi connectivity index (χ0n) is 6.24. The molecule has 0 saturated heterocycles. The summed E-state index contributed by atoms with van der Waals surface area (Å²) in [7, 11) is 0. The van der Waals surface area contributed by atoms with Crippen LogP contribution in [0.2, 0.25) is 5.02 Å². The summed E-state index contributed by atoms with van der Waals surface area (Å²) < 4.78 is 0.749. The van der Waals surface area contributed by atoms with Crippen molar-refractivity contribution in [3.63, 3.8) is 0 Å². The number of aromatic nitrogens is 3. The first kappa shape index (κ1) is 9.05. The van der Waals surface area contributed by atoms with E-state index >= 15 is 0 Å². The molecular formula is C7H3BrClN3S. The Balaban J connectivity index is 2.41. The smallest absolute Gasteiger partial charge is 0.183 e. The van der Waals surface area contributed by atoms with Crippen molar-refractivity contribution in [2.45, 2.75) is 0 Å². The average Bonchev–Trinajstić information content (AvgIpc) is 2.53. The summed E-state index contributed by atoms with van der Waals surface area (Å²) in [4.78, 5) is 4.12. The Morgan fingerprint density at radius 1 is 1.31 bits per heavy atom. The van der Waals surface area contributed by atoms with Gasteiger partial charge in [-0.25, -0.2) is 0 Å². The molecule has 0 aliphatic heterocycles. The normalized spacial score (nSPS) is 10.3. The lowest BCUT2D eigenvalue weighted by atomic mass is 10.4. The maximum absolute atomic E-state index is 5.70. The van der Waals surface area contributed by atoms with Gasteiger partial charge < -0.3 is 0 Å². The molecule has 13 heavy (non-hydrogen) atoms. The van der Waals surface area contributed by atoms with Crippen molar-refractivity contribution in [2.24, 2.45) is 0 Å². The quantitative estimate of drug-likeness (QED) is 0.803. The van der Waals surface area contributed by atoms with E-state index in [0.717, 1.165) is 14.6 Å². The van der Waals surface area contributed by atoms with Crippen LogP contribution in [0.3, 0.4) is 0 Å². The summed E-state index contributed by atoms with van der Waals surface area (Å²) >= 11 is 10.4. The lowest BCUT2D eigenvalue weighted by Crippen LogP contribution is -1.81. The van der Waals surface area contributed by atoms with Crippen LogP contribution in [0.15, 0.2) is 22.2 Å². The van der Waals surface area contributed by atoms with Crippen LogP contribution in [0.25, 0.3) is 10.7 Å². The molecule has 0 N–H and O–H groups in total. The number of halogens is 2. The molecule has 0 bridgehead atoms. The van der Waals surface area contributed by atoms with Crippen LogP contribution in [0.1, 0.15) is 0 Å². The van der Waals surface area contributed by atoms with Gasteiger partial charge in [0.2, 0.25) is 0 Å². The fourth-order valence-corrected chi connectivity index (χ4v) is 2.01. The molecule has 0 amide bonds.